The standard InChI is InChI=1S/C15H24N2O2/c1-15(16-2,14(18)19)10-12-17(3)11-9-13-7-5-4-6-8-13/h4-8,16H,9-12H2,1-3H3,(H,18,19). The Morgan fingerprint density at radius 1 is 1.32 bits per heavy atom. The molecule has 1 rings (SSSR count). The number of rotatable bonds is 8. The third-order valence-corrected chi connectivity index (χ3v) is 3.64. The van der Waals surface area contributed by atoms with Crippen LogP contribution in [0.25, 0.3) is 0 Å². The molecule has 1 aromatic carbocycles. The molecule has 0 spiro atoms. The molecule has 19 heavy (non-hydrogen) atoms. The molecule has 0 aliphatic rings. The second-order valence-corrected chi connectivity index (χ2v) is 5.18. The normalized spacial score (nSPS) is 14.3. The van der Waals surface area contributed by atoms with E-state index in [1.165, 1.54) is 5.56 Å². The van der Waals surface area contributed by atoms with Gasteiger partial charge in [0, 0.05) is 13.1 Å². The topological polar surface area (TPSA) is 52.6 Å². The van der Waals surface area contributed by atoms with Crippen molar-refractivity contribution in [2.75, 3.05) is 27.2 Å². The number of nitrogens with one attached hydrogen (secondary N) is 1. The predicted octanol–water partition coefficient (Wildman–Crippen LogP) is 1.61. The van der Waals surface area contributed by atoms with Gasteiger partial charge in [0.15, 0.2) is 0 Å². The van der Waals surface area contributed by atoms with Crippen molar-refractivity contribution < 1.29 is 9.90 Å². The summed E-state index contributed by atoms with van der Waals surface area (Å²) >= 11 is 0. The SMILES string of the molecule is CNC(C)(CCN(C)CCc1ccccc1)C(=O)O. The molecule has 0 amide bonds. The molecular weight excluding hydrogens is 240 g/mol. The molecule has 4 nitrogen and oxygen atoms in total. The molecule has 1 atom stereocenters. The lowest BCUT2D eigenvalue weighted by molar-refractivity contribution is -0.144. The van der Waals surface area contributed by atoms with Crippen LogP contribution in [0.5, 0.6) is 0 Å². The van der Waals surface area contributed by atoms with Crippen molar-refractivity contribution >= 4 is 5.97 Å². The van der Waals surface area contributed by atoms with Crippen LogP contribution in [-0.4, -0.2) is 48.7 Å². The Morgan fingerprint density at radius 3 is 2.47 bits per heavy atom. The Labute approximate surface area is 115 Å². The molecule has 106 valence electrons. The average Bonchev–Trinajstić information content (AvgIpc) is 2.43. The molecule has 0 fully saturated rings. The summed E-state index contributed by atoms with van der Waals surface area (Å²) in [6.07, 6.45) is 1.57. The molecule has 1 unspecified atom stereocenters. The van der Waals surface area contributed by atoms with Gasteiger partial charge < -0.3 is 15.3 Å². The van der Waals surface area contributed by atoms with Gasteiger partial charge in [0.1, 0.15) is 5.54 Å². The number of carboxylic acid groups (broad SMARTS) is 1. The maximum Gasteiger partial charge on any atom is 0.323 e. The predicted molar refractivity (Wildman–Crippen MR) is 77.4 cm³/mol. The zero-order valence-electron chi connectivity index (χ0n) is 12.0. The summed E-state index contributed by atoms with van der Waals surface area (Å²) in [4.78, 5) is 13.3. The van der Waals surface area contributed by atoms with E-state index in [2.05, 4.69) is 22.3 Å². The van der Waals surface area contributed by atoms with Crippen molar-refractivity contribution in [3.8, 4) is 0 Å². The highest BCUT2D eigenvalue weighted by Gasteiger charge is 2.30. The lowest BCUT2D eigenvalue weighted by Crippen LogP contribution is -2.49. The van der Waals surface area contributed by atoms with Crippen LogP contribution in [0, 0.1) is 0 Å². The summed E-state index contributed by atoms with van der Waals surface area (Å²) in [5, 5.41) is 12.1. The zero-order chi connectivity index (χ0) is 14.3. The van der Waals surface area contributed by atoms with Gasteiger partial charge in [-0.15, -0.1) is 0 Å². The highest BCUT2D eigenvalue weighted by Crippen LogP contribution is 2.10. The minimum atomic E-state index is -0.846. The van der Waals surface area contributed by atoms with E-state index in [9.17, 15) is 9.90 Å². The second-order valence-electron chi connectivity index (χ2n) is 5.18. The largest absolute Gasteiger partial charge is 0.480 e. The summed E-state index contributed by atoms with van der Waals surface area (Å²) in [6.45, 7) is 3.42. The summed E-state index contributed by atoms with van der Waals surface area (Å²) in [5.41, 5.74) is 0.463. The Hall–Kier alpha value is -1.39. The van der Waals surface area contributed by atoms with Gasteiger partial charge in [0.2, 0.25) is 0 Å². The summed E-state index contributed by atoms with van der Waals surface area (Å²) in [7, 11) is 3.72. The molecule has 0 heterocycles. The molecule has 0 saturated carbocycles. The van der Waals surface area contributed by atoms with Gasteiger partial charge in [-0.05, 0) is 39.4 Å². The molecule has 2 N–H and O–H groups in total. The van der Waals surface area contributed by atoms with E-state index in [-0.39, 0.29) is 0 Å². The molecule has 1 aromatic rings. The Kier molecular flexibility index (Phi) is 5.99. The van der Waals surface area contributed by atoms with Crippen LogP contribution in [0.2, 0.25) is 0 Å². The fraction of sp³-hybridized carbons (Fsp3) is 0.533. The van der Waals surface area contributed by atoms with Crippen LogP contribution < -0.4 is 5.32 Å². The van der Waals surface area contributed by atoms with Crippen molar-refractivity contribution in [3.63, 3.8) is 0 Å². The monoisotopic (exact) mass is 264 g/mol. The Balaban J connectivity index is 2.35. The molecule has 0 aromatic heterocycles. The van der Waals surface area contributed by atoms with Crippen molar-refractivity contribution in [3.05, 3.63) is 35.9 Å². The van der Waals surface area contributed by atoms with E-state index in [0.717, 1.165) is 19.5 Å². The van der Waals surface area contributed by atoms with Gasteiger partial charge in [0.05, 0.1) is 0 Å². The van der Waals surface area contributed by atoms with E-state index in [0.29, 0.717) is 6.42 Å². The molecule has 0 bridgehead atoms. The van der Waals surface area contributed by atoms with Gasteiger partial charge in [-0.3, -0.25) is 4.79 Å². The van der Waals surface area contributed by atoms with Crippen LogP contribution in [0.3, 0.4) is 0 Å². The number of nitrogens with zero attached hydrogens (tertiary/aromatic N) is 1. The number of aliphatic carboxylic acids is 1. The minimum Gasteiger partial charge on any atom is -0.480 e. The van der Waals surface area contributed by atoms with Gasteiger partial charge in [-0.25, -0.2) is 0 Å². The van der Waals surface area contributed by atoms with Gasteiger partial charge >= 0.3 is 5.97 Å². The van der Waals surface area contributed by atoms with Crippen LogP contribution >= 0.6 is 0 Å². The zero-order valence-corrected chi connectivity index (χ0v) is 12.0. The van der Waals surface area contributed by atoms with Crippen molar-refractivity contribution in [2.45, 2.75) is 25.3 Å². The van der Waals surface area contributed by atoms with Crippen LogP contribution in [0.4, 0.5) is 0 Å². The van der Waals surface area contributed by atoms with Crippen molar-refractivity contribution in [1.29, 1.82) is 0 Å². The molecule has 0 saturated heterocycles. The van der Waals surface area contributed by atoms with E-state index in [4.69, 9.17) is 0 Å². The maximum atomic E-state index is 11.2. The maximum absolute atomic E-state index is 11.2. The second kappa shape index (κ2) is 7.26. The number of hydrogen-bond donors (Lipinski definition) is 2. The highest BCUT2D eigenvalue weighted by atomic mass is 16.4. The van der Waals surface area contributed by atoms with E-state index in [1.807, 2.05) is 25.2 Å². The number of hydrogen-bond acceptors (Lipinski definition) is 3. The summed E-state index contributed by atoms with van der Waals surface area (Å²) < 4.78 is 0. The van der Waals surface area contributed by atoms with Crippen molar-refractivity contribution in [2.24, 2.45) is 0 Å². The van der Waals surface area contributed by atoms with E-state index < -0.39 is 11.5 Å². The van der Waals surface area contributed by atoms with Crippen LogP contribution in [0.15, 0.2) is 30.3 Å². The van der Waals surface area contributed by atoms with Crippen molar-refractivity contribution in [1.82, 2.24) is 10.2 Å². The average molecular weight is 264 g/mol. The number of carboxylic acids is 1. The number of benzene rings is 1. The summed E-state index contributed by atoms with van der Waals surface area (Å²) in [5.74, 6) is -0.800. The summed E-state index contributed by atoms with van der Waals surface area (Å²) in [6, 6.07) is 10.3. The number of carbonyl (C=O) groups is 1. The first-order chi connectivity index (χ1) is 8.98. The van der Waals surface area contributed by atoms with Gasteiger partial charge in [-0.1, -0.05) is 30.3 Å². The van der Waals surface area contributed by atoms with Gasteiger partial charge in [-0.2, -0.15) is 0 Å². The quantitative estimate of drug-likeness (QED) is 0.749. The number of likely N-dealkylation sites (N-methyl/N-ethyl adjacent to an activating group) is 2. The third-order valence-electron chi connectivity index (χ3n) is 3.64. The Morgan fingerprint density at radius 2 is 1.95 bits per heavy atom. The molecule has 0 radical (unpaired) electrons. The van der Waals surface area contributed by atoms with Crippen LogP contribution in [0.1, 0.15) is 18.9 Å². The Bertz CT molecular complexity index is 394. The third kappa shape index (κ3) is 5.01. The fourth-order valence-electron chi connectivity index (χ4n) is 1.83. The molecule has 0 aliphatic carbocycles. The molecule has 4 heteroatoms. The van der Waals surface area contributed by atoms with Crippen LogP contribution in [-0.2, 0) is 11.2 Å². The smallest absolute Gasteiger partial charge is 0.323 e. The highest BCUT2D eigenvalue weighted by molar-refractivity contribution is 5.78. The van der Waals surface area contributed by atoms with Gasteiger partial charge in [0.25, 0.3) is 0 Å². The first kappa shape index (κ1) is 15.7. The first-order valence-electron chi connectivity index (χ1n) is 6.63. The molecular formula is C15H24N2O2. The lowest BCUT2D eigenvalue weighted by Gasteiger charge is -2.27. The molecule has 0 aliphatic heterocycles. The first-order valence-corrected chi connectivity index (χ1v) is 6.63. The minimum absolute atomic E-state index is 0.587. The fourth-order valence-corrected chi connectivity index (χ4v) is 1.83. The lowest BCUT2D eigenvalue weighted by atomic mass is 9.98. The van der Waals surface area contributed by atoms with E-state index >= 15 is 0 Å². The van der Waals surface area contributed by atoms with E-state index in [1.54, 1.807) is 14.0 Å².